The van der Waals surface area contributed by atoms with Gasteiger partial charge in [0, 0.05) is 11.3 Å². The summed E-state index contributed by atoms with van der Waals surface area (Å²) in [5, 5.41) is 0. The van der Waals surface area contributed by atoms with Crippen LogP contribution in [0.2, 0.25) is 0 Å². The molecule has 6 heteroatoms. The lowest BCUT2D eigenvalue weighted by atomic mass is 10.1. The maximum absolute atomic E-state index is 12.6. The molecule has 134 valence electrons. The van der Waals surface area contributed by atoms with Crippen LogP contribution < -0.4 is 9.64 Å². The van der Waals surface area contributed by atoms with E-state index in [2.05, 4.69) is 4.98 Å². The van der Waals surface area contributed by atoms with E-state index in [4.69, 9.17) is 9.47 Å². The maximum Gasteiger partial charge on any atom is 0.339 e. The predicted molar refractivity (Wildman–Crippen MR) is 94.4 cm³/mol. The first-order chi connectivity index (χ1) is 11.9. The van der Waals surface area contributed by atoms with Gasteiger partial charge in [-0.1, -0.05) is 0 Å². The van der Waals surface area contributed by atoms with E-state index in [9.17, 15) is 9.59 Å². The number of rotatable bonds is 7. The number of methoxy groups -OCH3 is 2. The minimum absolute atomic E-state index is 0.0261. The number of hydrogen-bond donors (Lipinski definition) is 2. The average Bonchev–Trinajstić information content (AvgIpc) is 2.89. The lowest BCUT2D eigenvalue weighted by molar-refractivity contribution is -0.884. The second kappa shape index (κ2) is 7.98. The van der Waals surface area contributed by atoms with Crippen molar-refractivity contribution in [2.75, 3.05) is 27.8 Å². The average molecular weight is 345 g/mol. The summed E-state index contributed by atoms with van der Waals surface area (Å²) in [4.78, 5) is 28.5. The van der Waals surface area contributed by atoms with E-state index in [-0.39, 0.29) is 5.78 Å². The van der Waals surface area contributed by atoms with Gasteiger partial charge < -0.3 is 19.4 Å². The highest BCUT2D eigenvalue weighted by Gasteiger charge is 2.24. The second-order valence-corrected chi connectivity index (χ2v) is 6.20. The Kier molecular flexibility index (Phi) is 5.98. The SMILES string of the molecule is COC(=O)c1c(C)[nH]c(C(=O)C[NH+](C)Cc2ccc(OC)cc2)c1C. The summed E-state index contributed by atoms with van der Waals surface area (Å²) >= 11 is 0. The van der Waals surface area contributed by atoms with Gasteiger partial charge in [0.2, 0.25) is 5.78 Å². The lowest BCUT2D eigenvalue weighted by Crippen LogP contribution is -3.08. The van der Waals surface area contributed by atoms with Crippen LogP contribution in [0.3, 0.4) is 0 Å². The first kappa shape index (κ1) is 18.7. The number of ketones is 1. The van der Waals surface area contributed by atoms with Crippen LogP contribution in [-0.4, -0.2) is 44.5 Å². The largest absolute Gasteiger partial charge is 0.497 e. The third kappa shape index (κ3) is 4.28. The van der Waals surface area contributed by atoms with Crippen molar-refractivity contribution in [3.8, 4) is 5.75 Å². The Morgan fingerprint density at radius 2 is 1.76 bits per heavy atom. The van der Waals surface area contributed by atoms with Crippen LogP contribution in [-0.2, 0) is 11.3 Å². The minimum atomic E-state index is -0.427. The molecule has 0 aliphatic heterocycles. The zero-order valence-corrected chi connectivity index (χ0v) is 15.4. The van der Waals surface area contributed by atoms with Crippen LogP contribution >= 0.6 is 0 Å². The molecule has 1 aromatic heterocycles. The molecule has 25 heavy (non-hydrogen) atoms. The molecule has 1 atom stereocenters. The molecule has 2 aromatic rings. The molecular formula is C19H25N2O4+. The van der Waals surface area contributed by atoms with E-state index in [1.807, 2.05) is 31.3 Å². The van der Waals surface area contributed by atoms with Gasteiger partial charge >= 0.3 is 5.97 Å². The van der Waals surface area contributed by atoms with Gasteiger partial charge in [-0.05, 0) is 43.7 Å². The van der Waals surface area contributed by atoms with Gasteiger partial charge in [-0.3, -0.25) is 4.79 Å². The molecule has 0 radical (unpaired) electrons. The van der Waals surface area contributed by atoms with Crippen molar-refractivity contribution < 1.29 is 24.0 Å². The van der Waals surface area contributed by atoms with Crippen molar-refractivity contribution >= 4 is 11.8 Å². The van der Waals surface area contributed by atoms with Gasteiger partial charge in [-0.15, -0.1) is 0 Å². The normalized spacial score (nSPS) is 11.9. The summed E-state index contributed by atoms with van der Waals surface area (Å²) in [6, 6.07) is 7.80. The van der Waals surface area contributed by atoms with E-state index >= 15 is 0 Å². The summed E-state index contributed by atoms with van der Waals surface area (Å²) in [6.07, 6.45) is 0. The van der Waals surface area contributed by atoms with Gasteiger partial charge in [0.1, 0.15) is 18.8 Å². The Bertz CT molecular complexity index is 762. The molecule has 0 fully saturated rings. The summed E-state index contributed by atoms with van der Waals surface area (Å²) in [5.74, 6) is 0.358. The highest BCUT2D eigenvalue weighted by molar-refractivity contribution is 6.01. The number of hydrogen-bond acceptors (Lipinski definition) is 4. The Morgan fingerprint density at radius 3 is 2.32 bits per heavy atom. The molecule has 0 saturated heterocycles. The number of carbonyl (C=O) groups excluding carboxylic acids is 2. The van der Waals surface area contributed by atoms with Crippen molar-refractivity contribution in [3.63, 3.8) is 0 Å². The first-order valence-corrected chi connectivity index (χ1v) is 8.12. The number of benzene rings is 1. The zero-order chi connectivity index (χ0) is 18.6. The van der Waals surface area contributed by atoms with Gasteiger partial charge in [0.15, 0.2) is 0 Å². The number of nitrogens with one attached hydrogen (secondary N) is 2. The van der Waals surface area contributed by atoms with Gasteiger partial charge in [0.25, 0.3) is 0 Å². The van der Waals surface area contributed by atoms with Crippen LogP contribution in [0.25, 0.3) is 0 Å². The van der Waals surface area contributed by atoms with Gasteiger partial charge in [0.05, 0.1) is 32.5 Å². The zero-order valence-electron chi connectivity index (χ0n) is 15.4. The highest BCUT2D eigenvalue weighted by Crippen LogP contribution is 2.19. The molecule has 0 bridgehead atoms. The number of quaternary nitrogens is 1. The number of likely N-dealkylation sites (N-methyl/N-ethyl adjacent to an activating group) is 1. The van der Waals surface area contributed by atoms with E-state index in [0.717, 1.165) is 22.8 Å². The van der Waals surface area contributed by atoms with Crippen molar-refractivity contribution in [2.24, 2.45) is 0 Å². The quantitative estimate of drug-likeness (QED) is 0.586. The van der Waals surface area contributed by atoms with Crippen LogP contribution in [0.1, 0.15) is 37.7 Å². The Balaban J connectivity index is 2.07. The number of carbonyl (C=O) groups is 2. The topological polar surface area (TPSA) is 72.8 Å². The Hall–Kier alpha value is -2.60. The number of aromatic nitrogens is 1. The summed E-state index contributed by atoms with van der Waals surface area (Å²) in [6.45, 7) is 4.58. The fourth-order valence-corrected chi connectivity index (χ4v) is 2.95. The molecule has 2 rings (SSSR count). The number of esters is 1. The number of aromatic amines is 1. The van der Waals surface area contributed by atoms with Crippen molar-refractivity contribution in [1.29, 1.82) is 0 Å². The van der Waals surface area contributed by atoms with Crippen molar-refractivity contribution in [1.82, 2.24) is 4.98 Å². The molecule has 1 heterocycles. The molecule has 0 spiro atoms. The van der Waals surface area contributed by atoms with Crippen LogP contribution in [0.5, 0.6) is 5.75 Å². The second-order valence-electron chi connectivity index (χ2n) is 6.20. The number of H-pyrrole nitrogens is 1. The van der Waals surface area contributed by atoms with E-state index < -0.39 is 5.97 Å². The van der Waals surface area contributed by atoms with Gasteiger partial charge in [-0.25, -0.2) is 4.79 Å². The van der Waals surface area contributed by atoms with Crippen LogP contribution in [0.15, 0.2) is 24.3 Å². The Labute approximate surface area is 147 Å². The summed E-state index contributed by atoms with van der Waals surface area (Å²) < 4.78 is 9.93. The van der Waals surface area contributed by atoms with E-state index in [1.54, 1.807) is 21.0 Å². The molecular weight excluding hydrogens is 320 g/mol. The molecule has 0 aliphatic rings. The smallest absolute Gasteiger partial charge is 0.339 e. The molecule has 1 unspecified atom stereocenters. The molecule has 0 aliphatic carbocycles. The predicted octanol–water partition coefficient (Wildman–Crippen LogP) is 1.32. The Morgan fingerprint density at radius 1 is 1.12 bits per heavy atom. The van der Waals surface area contributed by atoms with E-state index in [1.165, 1.54) is 7.11 Å². The molecule has 0 saturated carbocycles. The first-order valence-electron chi connectivity index (χ1n) is 8.12. The lowest BCUT2D eigenvalue weighted by Gasteiger charge is -2.13. The maximum atomic E-state index is 12.6. The molecule has 0 amide bonds. The van der Waals surface area contributed by atoms with Crippen molar-refractivity contribution in [2.45, 2.75) is 20.4 Å². The molecule has 1 aromatic carbocycles. The van der Waals surface area contributed by atoms with Crippen molar-refractivity contribution in [3.05, 3.63) is 52.3 Å². The molecule has 6 nitrogen and oxygen atoms in total. The van der Waals surface area contributed by atoms with Crippen LogP contribution in [0, 0.1) is 13.8 Å². The van der Waals surface area contributed by atoms with Gasteiger partial charge in [-0.2, -0.15) is 0 Å². The molecule has 2 N–H and O–H groups in total. The summed E-state index contributed by atoms with van der Waals surface area (Å²) in [7, 11) is 4.94. The summed E-state index contributed by atoms with van der Waals surface area (Å²) in [5.41, 5.74) is 3.35. The third-order valence-electron chi connectivity index (χ3n) is 4.23. The third-order valence-corrected chi connectivity index (χ3v) is 4.23. The van der Waals surface area contributed by atoms with E-state index in [0.29, 0.717) is 29.1 Å². The number of Topliss-reactive ketones (excluding diaryl/α,β-unsaturated/α-hetero) is 1. The minimum Gasteiger partial charge on any atom is -0.497 e. The monoisotopic (exact) mass is 345 g/mol. The number of aryl methyl sites for hydroxylation is 1. The highest BCUT2D eigenvalue weighted by atomic mass is 16.5. The fraction of sp³-hybridized carbons (Fsp3) is 0.368. The fourth-order valence-electron chi connectivity index (χ4n) is 2.95. The van der Waals surface area contributed by atoms with Crippen LogP contribution in [0.4, 0.5) is 0 Å². The standard InChI is InChI=1S/C19H24N2O4/c1-12-17(19(23)25-5)13(2)20-18(12)16(22)11-21(3)10-14-6-8-15(24-4)9-7-14/h6-9,20H,10-11H2,1-5H3/p+1. The number of ether oxygens (including phenoxy) is 2.